The summed E-state index contributed by atoms with van der Waals surface area (Å²) in [5.74, 6) is -0.709. The average Bonchev–Trinajstić information content (AvgIpc) is 2.95. The van der Waals surface area contributed by atoms with E-state index in [4.69, 9.17) is 4.74 Å². The number of rotatable bonds is 8. The minimum atomic E-state index is -0.768. The van der Waals surface area contributed by atoms with Gasteiger partial charge in [0.1, 0.15) is 17.9 Å². The summed E-state index contributed by atoms with van der Waals surface area (Å²) in [5, 5.41) is 4.56. The summed E-state index contributed by atoms with van der Waals surface area (Å²) < 4.78 is 6.21. The van der Waals surface area contributed by atoms with E-state index in [-0.39, 0.29) is 5.57 Å². The van der Waals surface area contributed by atoms with Crippen LogP contribution in [-0.4, -0.2) is 17.8 Å². The fraction of sp³-hybridized carbons (Fsp3) is 0.121. The van der Waals surface area contributed by atoms with E-state index in [9.17, 15) is 14.4 Å². The van der Waals surface area contributed by atoms with Gasteiger partial charge in [-0.15, -0.1) is 6.58 Å². The summed E-state index contributed by atoms with van der Waals surface area (Å²) in [6, 6.07) is 26.1. The Morgan fingerprint density at radius 3 is 2.44 bits per heavy atom. The number of urea groups is 1. The van der Waals surface area contributed by atoms with Crippen LogP contribution in [0.4, 0.5) is 10.5 Å². The fourth-order valence-electron chi connectivity index (χ4n) is 4.66. The standard InChI is InChI=1S/C33H28N2O4/c1-3-8-25-19-23(15-18-30(25)39-21-26-11-7-10-24-9-5-6-12-28(24)26)20-29-31(36)34-33(38)35(32(29)37)27-16-13-22(4-2)14-17-27/h3,5-7,9-20H,1,4,8,21H2,2H3,(H,34,36,38)/b29-20-. The second-order valence-electron chi connectivity index (χ2n) is 9.26. The molecule has 6 heteroatoms. The zero-order chi connectivity index (χ0) is 27.4. The Balaban J connectivity index is 1.41. The Morgan fingerprint density at radius 1 is 0.897 bits per heavy atom. The first-order chi connectivity index (χ1) is 19.0. The molecule has 5 rings (SSSR count). The molecule has 6 nitrogen and oxygen atoms in total. The third kappa shape index (κ3) is 5.36. The first kappa shape index (κ1) is 25.7. The van der Waals surface area contributed by atoms with Gasteiger partial charge in [-0.25, -0.2) is 9.69 Å². The fourth-order valence-corrected chi connectivity index (χ4v) is 4.66. The first-order valence-corrected chi connectivity index (χ1v) is 12.8. The van der Waals surface area contributed by atoms with E-state index in [1.807, 2.05) is 55.5 Å². The molecule has 1 N–H and O–H groups in total. The van der Waals surface area contributed by atoms with Gasteiger partial charge in [0.15, 0.2) is 0 Å². The zero-order valence-corrected chi connectivity index (χ0v) is 21.6. The summed E-state index contributed by atoms with van der Waals surface area (Å²) in [6.45, 7) is 6.27. The van der Waals surface area contributed by atoms with Gasteiger partial charge in [-0.1, -0.05) is 73.7 Å². The molecule has 4 aromatic rings. The van der Waals surface area contributed by atoms with Crippen LogP contribution in [0.2, 0.25) is 0 Å². The number of carbonyl (C=O) groups excluding carboxylic acids is 3. The van der Waals surface area contributed by atoms with E-state index in [2.05, 4.69) is 30.1 Å². The third-order valence-electron chi connectivity index (χ3n) is 6.73. The van der Waals surface area contributed by atoms with Crippen LogP contribution in [0.3, 0.4) is 0 Å². The number of aryl methyl sites for hydroxylation is 1. The molecule has 0 radical (unpaired) electrons. The molecule has 39 heavy (non-hydrogen) atoms. The van der Waals surface area contributed by atoms with Crippen molar-refractivity contribution in [3.8, 4) is 5.75 Å². The number of imide groups is 2. The molecule has 0 unspecified atom stereocenters. The van der Waals surface area contributed by atoms with E-state index in [0.717, 1.165) is 38.8 Å². The van der Waals surface area contributed by atoms with Crippen molar-refractivity contribution in [2.75, 3.05) is 4.90 Å². The van der Waals surface area contributed by atoms with Crippen LogP contribution in [0.1, 0.15) is 29.2 Å². The van der Waals surface area contributed by atoms with Crippen molar-refractivity contribution in [2.45, 2.75) is 26.4 Å². The Bertz CT molecular complexity index is 1610. The van der Waals surface area contributed by atoms with Gasteiger partial charge in [-0.2, -0.15) is 0 Å². The lowest BCUT2D eigenvalue weighted by atomic mass is 10.0. The van der Waals surface area contributed by atoms with Gasteiger partial charge in [0.2, 0.25) is 0 Å². The smallest absolute Gasteiger partial charge is 0.335 e. The number of benzene rings is 4. The summed E-state index contributed by atoms with van der Waals surface area (Å²) in [7, 11) is 0. The van der Waals surface area contributed by atoms with Crippen molar-refractivity contribution in [3.05, 3.63) is 125 Å². The summed E-state index contributed by atoms with van der Waals surface area (Å²) in [4.78, 5) is 39.5. The van der Waals surface area contributed by atoms with Gasteiger partial charge in [0.25, 0.3) is 11.8 Å². The SMILES string of the molecule is C=CCc1cc(/C=C2/C(=O)NC(=O)N(c3ccc(CC)cc3)C2=O)ccc1OCc1cccc2ccccc12. The van der Waals surface area contributed by atoms with Crippen LogP contribution in [0.15, 0.2) is 103 Å². The van der Waals surface area contributed by atoms with Crippen LogP contribution in [0.25, 0.3) is 16.8 Å². The van der Waals surface area contributed by atoms with E-state index >= 15 is 0 Å². The predicted molar refractivity (Wildman–Crippen MR) is 153 cm³/mol. The van der Waals surface area contributed by atoms with E-state index in [1.54, 1.807) is 24.3 Å². The highest BCUT2D eigenvalue weighted by Gasteiger charge is 2.36. The molecule has 1 heterocycles. The lowest BCUT2D eigenvalue weighted by Crippen LogP contribution is -2.54. The first-order valence-electron chi connectivity index (χ1n) is 12.8. The number of carbonyl (C=O) groups is 3. The normalized spacial score (nSPS) is 14.5. The number of allylic oxidation sites excluding steroid dienone is 1. The van der Waals surface area contributed by atoms with Crippen LogP contribution in [0, 0.1) is 0 Å². The molecule has 4 amide bonds. The molecule has 4 aromatic carbocycles. The Morgan fingerprint density at radius 2 is 1.67 bits per heavy atom. The topological polar surface area (TPSA) is 75.7 Å². The minimum absolute atomic E-state index is 0.122. The highest BCUT2D eigenvalue weighted by Crippen LogP contribution is 2.27. The molecule has 0 atom stereocenters. The van der Waals surface area contributed by atoms with Crippen molar-refractivity contribution in [2.24, 2.45) is 0 Å². The number of ether oxygens (including phenoxy) is 1. The lowest BCUT2D eigenvalue weighted by Gasteiger charge is -2.26. The second-order valence-corrected chi connectivity index (χ2v) is 9.26. The Kier molecular flexibility index (Phi) is 7.37. The molecule has 0 saturated carbocycles. The minimum Gasteiger partial charge on any atom is -0.489 e. The lowest BCUT2D eigenvalue weighted by molar-refractivity contribution is -0.122. The molecule has 0 aromatic heterocycles. The predicted octanol–water partition coefficient (Wildman–Crippen LogP) is 6.38. The molecule has 194 valence electrons. The number of anilines is 1. The summed E-state index contributed by atoms with van der Waals surface area (Å²) in [5.41, 5.74) is 3.93. The largest absolute Gasteiger partial charge is 0.489 e. The highest BCUT2D eigenvalue weighted by molar-refractivity contribution is 6.39. The van der Waals surface area contributed by atoms with Gasteiger partial charge in [0.05, 0.1) is 5.69 Å². The third-order valence-corrected chi connectivity index (χ3v) is 6.73. The quantitative estimate of drug-likeness (QED) is 0.168. The number of nitrogens with one attached hydrogen (secondary N) is 1. The molecule has 1 aliphatic heterocycles. The van der Waals surface area contributed by atoms with Crippen LogP contribution < -0.4 is 15.0 Å². The van der Waals surface area contributed by atoms with E-state index < -0.39 is 17.8 Å². The number of hydrogen-bond acceptors (Lipinski definition) is 4. The van der Waals surface area contributed by atoms with Gasteiger partial charge < -0.3 is 4.74 Å². The van der Waals surface area contributed by atoms with Crippen molar-refractivity contribution in [3.63, 3.8) is 0 Å². The summed E-state index contributed by atoms with van der Waals surface area (Å²) >= 11 is 0. The van der Waals surface area contributed by atoms with Crippen molar-refractivity contribution in [1.82, 2.24) is 5.32 Å². The molecule has 0 aliphatic carbocycles. The Labute approximate surface area is 227 Å². The number of barbiturate groups is 1. The average molecular weight is 517 g/mol. The van der Waals surface area contributed by atoms with Crippen molar-refractivity contribution in [1.29, 1.82) is 0 Å². The van der Waals surface area contributed by atoms with Crippen LogP contribution in [-0.2, 0) is 29.0 Å². The molecule has 1 saturated heterocycles. The van der Waals surface area contributed by atoms with Gasteiger partial charge >= 0.3 is 6.03 Å². The van der Waals surface area contributed by atoms with Crippen LogP contribution in [0.5, 0.6) is 5.75 Å². The maximum Gasteiger partial charge on any atom is 0.335 e. The Hall–Kier alpha value is -4.97. The van der Waals surface area contributed by atoms with Gasteiger partial charge in [-0.3, -0.25) is 14.9 Å². The van der Waals surface area contributed by atoms with Gasteiger partial charge in [-0.05, 0) is 76.2 Å². The van der Waals surface area contributed by atoms with E-state index in [0.29, 0.717) is 30.0 Å². The maximum absolute atomic E-state index is 13.3. The second kappa shape index (κ2) is 11.2. The number of amides is 4. The number of hydrogen-bond donors (Lipinski definition) is 1. The molecular weight excluding hydrogens is 488 g/mol. The molecule has 1 fully saturated rings. The van der Waals surface area contributed by atoms with Crippen molar-refractivity contribution < 1.29 is 19.1 Å². The number of fused-ring (bicyclic) bond motifs is 1. The van der Waals surface area contributed by atoms with E-state index in [1.165, 1.54) is 6.08 Å². The van der Waals surface area contributed by atoms with Gasteiger partial charge in [0, 0.05) is 0 Å². The molecule has 1 aliphatic rings. The van der Waals surface area contributed by atoms with Crippen molar-refractivity contribution >= 4 is 40.4 Å². The monoisotopic (exact) mass is 516 g/mol. The molecule has 0 spiro atoms. The highest BCUT2D eigenvalue weighted by atomic mass is 16.5. The van der Waals surface area contributed by atoms with Crippen LogP contribution >= 0.6 is 0 Å². The summed E-state index contributed by atoms with van der Waals surface area (Å²) in [6.07, 6.45) is 4.64. The molecule has 0 bridgehead atoms. The number of nitrogens with zero attached hydrogens (tertiary/aromatic N) is 1. The zero-order valence-electron chi connectivity index (χ0n) is 21.6. The molecular formula is C33H28N2O4. The maximum atomic E-state index is 13.3.